The van der Waals surface area contributed by atoms with E-state index in [1.54, 1.807) is 0 Å². The molecular weight excluding hydrogens is 462 g/mol. The van der Waals surface area contributed by atoms with Crippen molar-refractivity contribution in [2.24, 2.45) is 0 Å². The number of fused-ring (bicyclic) bond motifs is 1. The Morgan fingerprint density at radius 1 is 1.03 bits per heavy atom. The van der Waals surface area contributed by atoms with Crippen molar-refractivity contribution in [1.82, 2.24) is 4.90 Å². The Kier molecular flexibility index (Phi) is 6.62. The van der Waals surface area contributed by atoms with Gasteiger partial charge in [-0.1, -0.05) is 70.5 Å². The van der Waals surface area contributed by atoms with Crippen molar-refractivity contribution in [3.8, 4) is 0 Å². The van der Waals surface area contributed by atoms with Gasteiger partial charge in [-0.25, -0.2) is 4.79 Å². The van der Waals surface area contributed by atoms with Crippen LogP contribution in [-0.2, 0) is 4.74 Å². The first-order valence-corrected chi connectivity index (χ1v) is 12.3. The molecule has 1 aliphatic rings. The summed E-state index contributed by atoms with van der Waals surface area (Å²) in [6.45, 7) is 7.94. The zero-order valence-corrected chi connectivity index (χ0v) is 20.9. The average molecular weight is 494 g/mol. The fraction of sp³-hybridized carbons (Fsp3) is 0.393. The lowest BCUT2D eigenvalue weighted by Gasteiger charge is -2.37. The summed E-state index contributed by atoms with van der Waals surface area (Å²) < 4.78 is 7.01. The highest BCUT2D eigenvalue weighted by atomic mass is 79.9. The Hall–Kier alpha value is -2.33. The molecule has 0 N–H and O–H groups in total. The Morgan fingerprint density at radius 2 is 1.75 bits per heavy atom. The van der Waals surface area contributed by atoms with Gasteiger partial charge in [-0.2, -0.15) is 0 Å². The van der Waals surface area contributed by atoms with Gasteiger partial charge >= 0.3 is 6.09 Å². The molecule has 0 spiro atoms. The summed E-state index contributed by atoms with van der Waals surface area (Å²) in [6, 6.07) is 23.4. The molecule has 0 saturated heterocycles. The normalized spacial score (nSPS) is 19.7. The molecule has 0 radical (unpaired) electrons. The van der Waals surface area contributed by atoms with E-state index in [1.807, 2.05) is 25.7 Å². The number of amides is 1. The summed E-state index contributed by atoms with van der Waals surface area (Å²) in [5.41, 5.74) is 1.97. The molecule has 1 saturated carbocycles. The van der Waals surface area contributed by atoms with Gasteiger partial charge in [0.25, 0.3) is 0 Å². The first-order chi connectivity index (χ1) is 15.2. The minimum Gasteiger partial charge on any atom is -0.444 e. The lowest BCUT2D eigenvalue weighted by atomic mass is 9.96. The third kappa shape index (κ3) is 5.01. The molecule has 168 valence electrons. The quantitative estimate of drug-likeness (QED) is 0.366. The smallest absolute Gasteiger partial charge is 0.411 e. The van der Waals surface area contributed by atoms with Crippen LogP contribution < -0.4 is 0 Å². The van der Waals surface area contributed by atoms with Gasteiger partial charge in [-0.05, 0) is 86.9 Å². The zero-order chi connectivity index (χ0) is 22.9. The molecule has 0 aromatic heterocycles. The van der Waals surface area contributed by atoms with Gasteiger partial charge < -0.3 is 4.74 Å². The minimum absolute atomic E-state index is 0.0813. The number of carbonyl (C=O) groups excluding carboxylic acids is 1. The second kappa shape index (κ2) is 9.27. The van der Waals surface area contributed by atoms with Crippen LogP contribution in [0.5, 0.6) is 0 Å². The van der Waals surface area contributed by atoms with Gasteiger partial charge in [-0.15, -0.1) is 0 Å². The second-order valence-corrected chi connectivity index (χ2v) is 10.8. The van der Waals surface area contributed by atoms with E-state index >= 15 is 0 Å². The maximum absolute atomic E-state index is 13.5. The van der Waals surface area contributed by atoms with E-state index in [2.05, 4.69) is 89.6 Å². The maximum Gasteiger partial charge on any atom is 0.411 e. The van der Waals surface area contributed by atoms with Crippen molar-refractivity contribution in [2.75, 3.05) is 0 Å². The van der Waals surface area contributed by atoms with Crippen LogP contribution in [0.3, 0.4) is 0 Å². The number of halogens is 1. The zero-order valence-electron chi connectivity index (χ0n) is 19.3. The molecule has 3 aromatic rings. The lowest BCUT2D eigenvalue weighted by molar-refractivity contribution is 0.00694. The van der Waals surface area contributed by atoms with E-state index in [0.717, 1.165) is 23.7 Å². The van der Waals surface area contributed by atoms with Crippen LogP contribution in [-0.4, -0.2) is 22.6 Å². The molecule has 0 aliphatic heterocycles. The standard InChI is InChI=1S/C28H32BrNO2/c1-19(25-14-8-10-20-9-5-6-13-26(20)25)30(27(31)32-28(2,3)4)24-16-15-22(18-24)21-11-7-12-23(29)17-21/h5-14,17,19,22,24H,15-16,18H2,1-4H3/t19-,22?,24?/m1/s1. The molecule has 2 unspecified atom stereocenters. The Bertz CT molecular complexity index is 1100. The van der Waals surface area contributed by atoms with Crippen LogP contribution >= 0.6 is 15.9 Å². The lowest BCUT2D eigenvalue weighted by Crippen LogP contribution is -2.44. The van der Waals surface area contributed by atoms with Crippen LogP contribution in [0.25, 0.3) is 10.8 Å². The Labute approximate surface area is 199 Å². The highest BCUT2D eigenvalue weighted by Gasteiger charge is 2.38. The highest BCUT2D eigenvalue weighted by molar-refractivity contribution is 9.10. The highest BCUT2D eigenvalue weighted by Crippen LogP contribution is 2.41. The predicted octanol–water partition coefficient (Wildman–Crippen LogP) is 8.24. The summed E-state index contributed by atoms with van der Waals surface area (Å²) in [6.07, 6.45) is 2.77. The van der Waals surface area contributed by atoms with Gasteiger partial charge in [0.05, 0.1) is 6.04 Å². The minimum atomic E-state index is -0.532. The summed E-state index contributed by atoms with van der Waals surface area (Å²) >= 11 is 3.60. The molecule has 4 heteroatoms. The summed E-state index contributed by atoms with van der Waals surface area (Å²) in [5.74, 6) is 0.446. The molecule has 0 bridgehead atoms. The number of benzene rings is 3. The summed E-state index contributed by atoms with van der Waals surface area (Å²) in [7, 11) is 0. The second-order valence-electron chi connectivity index (χ2n) is 9.85. The monoisotopic (exact) mass is 493 g/mol. The summed E-state index contributed by atoms with van der Waals surface area (Å²) in [5, 5.41) is 2.39. The molecule has 32 heavy (non-hydrogen) atoms. The van der Waals surface area contributed by atoms with E-state index in [-0.39, 0.29) is 18.2 Å². The van der Waals surface area contributed by atoms with Crippen molar-refractivity contribution in [3.63, 3.8) is 0 Å². The van der Waals surface area contributed by atoms with E-state index < -0.39 is 5.60 Å². The summed E-state index contributed by atoms with van der Waals surface area (Å²) in [4.78, 5) is 15.5. The number of ether oxygens (including phenoxy) is 1. The molecule has 3 nitrogen and oxygen atoms in total. The van der Waals surface area contributed by atoms with Crippen LogP contribution in [0.1, 0.15) is 70.0 Å². The van der Waals surface area contributed by atoms with Gasteiger partial charge in [0.2, 0.25) is 0 Å². The third-order valence-corrected chi connectivity index (χ3v) is 6.91. The number of hydrogen-bond donors (Lipinski definition) is 0. The fourth-order valence-corrected chi connectivity index (χ4v) is 5.39. The largest absolute Gasteiger partial charge is 0.444 e. The average Bonchev–Trinajstić information content (AvgIpc) is 3.22. The SMILES string of the molecule is C[C@H](c1cccc2ccccc12)N(C(=O)OC(C)(C)C)C1CCC(c2cccc(Br)c2)C1. The van der Waals surface area contributed by atoms with Gasteiger partial charge in [0.15, 0.2) is 0 Å². The van der Waals surface area contributed by atoms with Crippen molar-refractivity contribution >= 4 is 32.8 Å². The van der Waals surface area contributed by atoms with Gasteiger partial charge in [0.1, 0.15) is 5.60 Å². The molecule has 0 heterocycles. The van der Waals surface area contributed by atoms with E-state index in [0.29, 0.717) is 5.92 Å². The van der Waals surface area contributed by atoms with Gasteiger partial charge in [0, 0.05) is 10.5 Å². The van der Waals surface area contributed by atoms with Crippen LogP contribution in [0.2, 0.25) is 0 Å². The molecule has 4 rings (SSSR count). The topological polar surface area (TPSA) is 29.5 Å². The molecule has 1 amide bonds. The Morgan fingerprint density at radius 3 is 2.50 bits per heavy atom. The van der Waals surface area contributed by atoms with Crippen molar-refractivity contribution < 1.29 is 9.53 Å². The van der Waals surface area contributed by atoms with E-state index in [9.17, 15) is 4.79 Å². The number of nitrogens with zero attached hydrogens (tertiary/aromatic N) is 1. The third-order valence-electron chi connectivity index (χ3n) is 6.41. The van der Waals surface area contributed by atoms with E-state index in [1.165, 1.54) is 21.9 Å². The van der Waals surface area contributed by atoms with Crippen molar-refractivity contribution in [2.45, 2.75) is 70.6 Å². The van der Waals surface area contributed by atoms with Crippen LogP contribution in [0, 0.1) is 0 Å². The maximum atomic E-state index is 13.5. The number of rotatable bonds is 4. The fourth-order valence-electron chi connectivity index (χ4n) is 4.98. The molecule has 1 aliphatic carbocycles. The van der Waals surface area contributed by atoms with Crippen molar-refractivity contribution in [3.05, 3.63) is 82.3 Å². The first kappa shape index (κ1) is 22.8. The first-order valence-electron chi connectivity index (χ1n) is 11.5. The number of hydrogen-bond acceptors (Lipinski definition) is 2. The predicted molar refractivity (Wildman–Crippen MR) is 135 cm³/mol. The van der Waals surface area contributed by atoms with Crippen molar-refractivity contribution in [1.29, 1.82) is 0 Å². The van der Waals surface area contributed by atoms with Crippen LogP contribution in [0.4, 0.5) is 4.79 Å². The molecule has 1 fully saturated rings. The molecule has 3 atom stereocenters. The Balaban J connectivity index is 1.67. The van der Waals surface area contributed by atoms with E-state index in [4.69, 9.17) is 4.74 Å². The molecular formula is C28H32BrNO2. The molecule has 3 aromatic carbocycles. The van der Waals surface area contributed by atoms with Gasteiger partial charge in [-0.3, -0.25) is 4.90 Å². The van der Waals surface area contributed by atoms with Crippen LogP contribution in [0.15, 0.2) is 71.2 Å². The number of carbonyl (C=O) groups is 1.